The summed E-state index contributed by atoms with van der Waals surface area (Å²) in [4.78, 5) is 0. The molecule has 1 N–H and O–H groups in total. The number of fused-ring (bicyclic) bond motifs is 3. The Kier molecular flexibility index (Phi) is 4.36. The van der Waals surface area contributed by atoms with Crippen LogP contribution >= 0.6 is 11.6 Å². The number of hydrogen-bond donors (Lipinski definition) is 1. The Labute approximate surface area is 155 Å². The predicted molar refractivity (Wildman–Crippen MR) is 101 cm³/mol. The molecule has 0 spiro atoms. The Balaban J connectivity index is 1.78. The van der Waals surface area contributed by atoms with Gasteiger partial charge in [-0.25, -0.2) is 0 Å². The summed E-state index contributed by atoms with van der Waals surface area (Å²) < 4.78 is 0. The highest BCUT2D eigenvalue weighted by Crippen LogP contribution is 2.54. The molecule has 2 heteroatoms. The molecule has 2 aromatic carbocycles. The lowest BCUT2D eigenvalue weighted by atomic mass is 9.53. The van der Waals surface area contributed by atoms with Crippen LogP contribution in [0.2, 0.25) is 0 Å². The number of aryl methyl sites for hydroxylation is 1. The average Bonchev–Trinajstić information content (AvgIpc) is 2.63. The first kappa shape index (κ1) is 16.7. The third kappa shape index (κ3) is 2.99. The molecule has 0 heterocycles. The normalized spacial score (nSPS) is 30.6. The minimum Gasteiger partial charge on any atom is -0.378 e. The zero-order chi connectivity index (χ0) is 17.3. The minimum absolute atomic E-state index is 0.0737. The molecule has 0 bridgehead atoms. The molecule has 0 saturated heterocycles. The van der Waals surface area contributed by atoms with Crippen LogP contribution in [0.15, 0.2) is 48.5 Å². The van der Waals surface area contributed by atoms with Crippen LogP contribution in [0.4, 0.5) is 0 Å². The van der Waals surface area contributed by atoms with Crippen LogP contribution in [0.1, 0.15) is 42.4 Å². The predicted octanol–water partition coefficient (Wildman–Crippen LogP) is 4.64. The van der Waals surface area contributed by atoms with Gasteiger partial charge in [0.25, 0.3) is 0 Å². The zero-order valence-corrected chi connectivity index (χ0v) is 15.0. The number of benzene rings is 2. The van der Waals surface area contributed by atoms with Gasteiger partial charge in [0.05, 0.1) is 0 Å². The summed E-state index contributed by atoms with van der Waals surface area (Å²) in [5, 5.41) is 13.3. The maximum absolute atomic E-state index is 10.9. The molecular weight excluding hydrogens is 328 g/mol. The molecule has 25 heavy (non-hydrogen) atoms. The van der Waals surface area contributed by atoms with Crippen LogP contribution in [0.5, 0.6) is 0 Å². The first-order chi connectivity index (χ1) is 12.2. The van der Waals surface area contributed by atoms with Gasteiger partial charge in [-0.1, -0.05) is 54.5 Å². The molecule has 1 radical (unpaired) electrons. The van der Waals surface area contributed by atoms with Crippen molar-refractivity contribution in [3.63, 3.8) is 0 Å². The van der Waals surface area contributed by atoms with Crippen molar-refractivity contribution in [2.24, 2.45) is 5.92 Å². The van der Waals surface area contributed by atoms with E-state index in [9.17, 15) is 5.11 Å². The van der Waals surface area contributed by atoms with Crippen molar-refractivity contribution in [2.45, 2.75) is 49.5 Å². The molecule has 2 aliphatic rings. The van der Waals surface area contributed by atoms with E-state index in [1.165, 1.54) is 16.7 Å². The van der Waals surface area contributed by atoms with Crippen molar-refractivity contribution >= 4 is 11.6 Å². The number of aliphatic hydroxyl groups is 1. The fraction of sp³-hybridized carbons (Fsp3) is 0.391. The maximum Gasteiger partial charge on any atom is 0.127 e. The van der Waals surface area contributed by atoms with Gasteiger partial charge in [0.15, 0.2) is 0 Å². The van der Waals surface area contributed by atoms with Crippen LogP contribution in [0.3, 0.4) is 0 Å². The second-order valence-corrected chi connectivity index (χ2v) is 7.78. The molecule has 3 unspecified atom stereocenters. The highest BCUT2D eigenvalue weighted by molar-refractivity contribution is 6.30. The summed E-state index contributed by atoms with van der Waals surface area (Å²) in [6.45, 7) is 0. The Bertz CT molecular complexity index is 819. The van der Waals surface area contributed by atoms with Crippen molar-refractivity contribution in [3.05, 3.63) is 71.3 Å². The molecule has 0 aliphatic heterocycles. The van der Waals surface area contributed by atoms with Gasteiger partial charge >= 0.3 is 0 Å². The standard InChI is InChI=1S/C23H22ClO/c24-15-14-22(25)12-13-23(16-18-6-2-1-3-7-18)20(17-22)11-10-19-8-4-5-9-21(19)23/h1-3,5-9,20,25H,10-13,16-17H2. The molecule has 127 valence electrons. The van der Waals surface area contributed by atoms with Gasteiger partial charge in [-0.3, -0.25) is 0 Å². The van der Waals surface area contributed by atoms with E-state index in [0.717, 1.165) is 25.7 Å². The Hall–Kier alpha value is -1.75. The molecule has 2 aliphatic carbocycles. The van der Waals surface area contributed by atoms with E-state index in [2.05, 4.69) is 59.8 Å². The summed E-state index contributed by atoms with van der Waals surface area (Å²) in [5.74, 6) is 3.28. The Morgan fingerprint density at radius 2 is 2.04 bits per heavy atom. The molecule has 1 saturated carbocycles. The van der Waals surface area contributed by atoms with Crippen LogP contribution in [-0.4, -0.2) is 10.7 Å². The minimum atomic E-state index is -0.939. The molecular formula is C23H22ClO. The number of rotatable bonds is 2. The lowest BCUT2D eigenvalue weighted by Crippen LogP contribution is -2.50. The molecule has 0 aromatic heterocycles. The van der Waals surface area contributed by atoms with Crippen molar-refractivity contribution < 1.29 is 5.11 Å². The van der Waals surface area contributed by atoms with E-state index in [1.807, 2.05) is 6.07 Å². The number of halogens is 1. The molecule has 4 rings (SSSR count). The van der Waals surface area contributed by atoms with E-state index in [-0.39, 0.29) is 5.41 Å². The summed E-state index contributed by atoms with van der Waals surface area (Å²) in [5.41, 5.74) is 3.37. The van der Waals surface area contributed by atoms with Gasteiger partial charge < -0.3 is 5.11 Å². The van der Waals surface area contributed by atoms with E-state index in [0.29, 0.717) is 18.8 Å². The third-order valence-corrected chi connectivity index (χ3v) is 6.34. The Morgan fingerprint density at radius 1 is 1.20 bits per heavy atom. The Morgan fingerprint density at radius 3 is 2.84 bits per heavy atom. The third-order valence-electron chi connectivity index (χ3n) is 6.24. The van der Waals surface area contributed by atoms with Crippen molar-refractivity contribution in [3.8, 4) is 11.3 Å². The molecule has 2 aromatic rings. The van der Waals surface area contributed by atoms with Crippen LogP contribution in [-0.2, 0) is 18.3 Å². The fourth-order valence-electron chi connectivity index (χ4n) is 5.05. The second kappa shape index (κ2) is 6.52. The lowest BCUT2D eigenvalue weighted by molar-refractivity contribution is -0.00793. The van der Waals surface area contributed by atoms with Crippen LogP contribution < -0.4 is 0 Å². The second-order valence-electron chi connectivity index (χ2n) is 7.59. The van der Waals surface area contributed by atoms with Crippen molar-refractivity contribution in [1.29, 1.82) is 0 Å². The molecule has 3 atom stereocenters. The van der Waals surface area contributed by atoms with E-state index >= 15 is 0 Å². The van der Waals surface area contributed by atoms with Gasteiger partial charge in [-0.2, -0.15) is 0 Å². The highest BCUT2D eigenvalue weighted by atomic mass is 35.5. The summed E-state index contributed by atoms with van der Waals surface area (Å²) in [6, 6.07) is 20.4. The topological polar surface area (TPSA) is 20.2 Å². The average molecular weight is 350 g/mol. The first-order valence-electron chi connectivity index (χ1n) is 9.04. The first-order valence-corrected chi connectivity index (χ1v) is 9.42. The maximum atomic E-state index is 10.9. The highest BCUT2D eigenvalue weighted by Gasteiger charge is 2.51. The molecule has 1 nitrogen and oxygen atoms in total. The van der Waals surface area contributed by atoms with Gasteiger partial charge in [-0.15, -0.1) is 0 Å². The number of hydrogen-bond acceptors (Lipinski definition) is 1. The van der Waals surface area contributed by atoms with Crippen molar-refractivity contribution in [1.82, 2.24) is 0 Å². The van der Waals surface area contributed by atoms with Gasteiger partial charge in [0.2, 0.25) is 0 Å². The molecule has 0 amide bonds. The smallest absolute Gasteiger partial charge is 0.127 e. The van der Waals surface area contributed by atoms with Crippen molar-refractivity contribution in [2.75, 3.05) is 0 Å². The summed E-state index contributed by atoms with van der Waals surface area (Å²) in [6.07, 6.45) is 5.47. The van der Waals surface area contributed by atoms with E-state index in [1.54, 1.807) is 0 Å². The lowest BCUT2D eigenvalue weighted by Gasteiger charge is -2.52. The quantitative estimate of drug-likeness (QED) is 0.783. The zero-order valence-electron chi connectivity index (χ0n) is 14.3. The van der Waals surface area contributed by atoms with Gasteiger partial charge in [-0.05, 0) is 78.8 Å². The largest absolute Gasteiger partial charge is 0.378 e. The van der Waals surface area contributed by atoms with E-state index in [4.69, 9.17) is 11.6 Å². The van der Waals surface area contributed by atoms with Gasteiger partial charge in [0.1, 0.15) is 5.60 Å². The summed E-state index contributed by atoms with van der Waals surface area (Å²) in [7, 11) is 0. The van der Waals surface area contributed by atoms with Gasteiger partial charge in [0, 0.05) is 10.8 Å². The molecule has 1 fully saturated rings. The van der Waals surface area contributed by atoms with Crippen LogP contribution in [0, 0.1) is 23.3 Å². The monoisotopic (exact) mass is 349 g/mol. The SMILES string of the molecule is OC1(C#CCl)CCC2(Cc3ccccc3)c3cc[c]cc3CCC2C1. The van der Waals surface area contributed by atoms with E-state index < -0.39 is 5.60 Å². The summed E-state index contributed by atoms with van der Waals surface area (Å²) >= 11 is 5.62. The van der Waals surface area contributed by atoms with Crippen LogP contribution in [0.25, 0.3) is 0 Å². The fourth-order valence-corrected chi connectivity index (χ4v) is 5.22.